The Bertz CT molecular complexity index is 582. The van der Waals surface area contributed by atoms with Crippen LogP contribution in [-0.4, -0.2) is 5.11 Å². The summed E-state index contributed by atoms with van der Waals surface area (Å²) >= 11 is 0. The monoisotopic (exact) mass is 254 g/mol. The Labute approximate surface area is 115 Å². The van der Waals surface area contributed by atoms with Gasteiger partial charge in [-0.3, -0.25) is 0 Å². The molecule has 0 aliphatic heterocycles. The highest BCUT2D eigenvalue weighted by Crippen LogP contribution is 2.30. The predicted molar refractivity (Wildman–Crippen MR) is 80.4 cm³/mol. The fourth-order valence-electron chi connectivity index (χ4n) is 2.30. The van der Waals surface area contributed by atoms with Gasteiger partial charge in [-0.1, -0.05) is 49.4 Å². The van der Waals surface area contributed by atoms with Crippen LogP contribution in [0.25, 0.3) is 0 Å². The molecule has 0 amide bonds. The van der Waals surface area contributed by atoms with Crippen molar-refractivity contribution in [2.75, 3.05) is 0 Å². The smallest absolute Gasteiger partial charge is 0.112 e. The predicted octanol–water partition coefficient (Wildman–Crippen LogP) is 4.12. The van der Waals surface area contributed by atoms with Gasteiger partial charge in [0.05, 0.1) is 0 Å². The van der Waals surface area contributed by atoms with Gasteiger partial charge < -0.3 is 5.11 Å². The summed E-state index contributed by atoms with van der Waals surface area (Å²) in [4.78, 5) is 0. The molecule has 0 bridgehead atoms. The zero-order valence-electron chi connectivity index (χ0n) is 12.2. The van der Waals surface area contributed by atoms with Crippen LogP contribution in [0.3, 0.4) is 0 Å². The zero-order valence-corrected chi connectivity index (χ0v) is 12.2. The van der Waals surface area contributed by atoms with E-state index in [0.29, 0.717) is 0 Å². The van der Waals surface area contributed by atoms with Crippen molar-refractivity contribution in [2.24, 2.45) is 0 Å². The Morgan fingerprint density at radius 2 is 1.63 bits per heavy atom. The Morgan fingerprint density at radius 1 is 0.947 bits per heavy atom. The lowest BCUT2D eigenvalue weighted by Crippen LogP contribution is -2.23. The second-order valence-corrected chi connectivity index (χ2v) is 5.43. The Morgan fingerprint density at radius 3 is 2.26 bits per heavy atom. The summed E-state index contributed by atoms with van der Waals surface area (Å²) in [6, 6.07) is 14.4. The SMILES string of the molecule is CCc1cccc(C(C)(O)c2ccc(C)c(C)c2)c1. The normalized spacial score (nSPS) is 14.2. The summed E-state index contributed by atoms with van der Waals surface area (Å²) in [5, 5.41) is 10.9. The second kappa shape index (κ2) is 5.18. The maximum absolute atomic E-state index is 10.9. The van der Waals surface area contributed by atoms with Gasteiger partial charge in [0.15, 0.2) is 0 Å². The minimum Gasteiger partial charge on any atom is -0.381 e. The molecule has 2 aromatic rings. The maximum Gasteiger partial charge on any atom is 0.112 e. The Balaban J connectivity index is 2.47. The van der Waals surface area contributed by atoms with Gasteiger partial charge in [0.25, 0.3) is 0 Å². The van der Waals surface area contributed by atoms with E-state index >= 15 is 0 Å². The van der Waals surface area contributed by atoms with Gasteiger partial charge >= 0.3 is 0 Å². The van der Waals surface area contributed by atoms with Crippen LogP contribution >= 0.6 is 0 Å². The molecule has 1 atom stereocenters. The third-order valence-electron chi connectivity index (χ3n) is 3.97. The fraction of sp³-hybridized carbons (Fsp3) is 0.333. The molecule has 1 unspecified atom stereocenters. The fourth-order valence-corrected chi connectivity index (χ4v) is 2.30. The molecule has 0 aromatic heterocycles. The molecule has 0 radical (unpaired) electrons. The molecule has 100 valence electrons. The highest BCUT2D eigenvalue weighted by atomic mass is 16.3. The summed E-state index contributed by atoms with van der Waals surface area (Å²) < 4.78 is 0. The standard InChI is InChI=1S/C18H22O/c1-5-15-7-6-8-16(12-15)18(4,19)17-10-9-13(2)14(3)11-17/h6-12,19H,5H2,1-4H3. The lowest BCUT2D eigenvalue weighted by molar-refractivity contribution is 0.102. The topological polar surface area (TPSA) is 20.2 Å². The molecule has 0 spiro atoms. The van der Waals surface area contributed by atoms with Crippen molar-refractivity contribution in [1.82, 2.24) is 0 Å². The first-order chi connectivity index (χ1) is 8.95. The van der Waals surface area contributed by atoms with Crippen LogP contribution in [0.15, 0.2) is 42.5 Å². The molecule has 2 rings (SSSR count). The van der Waals surface area contributed by atoms with Crippen LogP contribution in [-0.2, 0) is 12.0 Å². The number of aryl methyl sites for hydroxylation is 3. The third kappa shape index (κ3) is 2.71. The largest absolute Gasteiger partial charge is 0.381 e. The van der Waals surface area contributed by atoms with E-state index in [0.717, 1.165) is 17.5 Å². The van der Waals surface area contributed by atoms with Crippen molar-refractivity contribution in [3.63, 3.8) is 0 Å². The Hall–Kier alpha value is -1.60. The van der Waals surface area contributed by atoms with Crippen molar-refractivity contribution in [3.05, 3.63) is 70.3 Å². The molecule has 2 aromatic carbocycles. The first kappa shape index (κ1) is 13.8. The molecule has 0 heterocycles. The van der Waals surface area contributed by atoms with Gasteiger partial charge in [-0.15, -0.1) is 0 Å². The number of benzene rings is 2. The highest BCUT2D eigenvalue weighted by molar-refractivity contribution is 5.40. The van der Waals surface area contributed by atoms with Crippen LogP contribution < -0.4 is 0 Å². The van der Waals surface area contributed by atoms with Gasteiger partial charge in [-0.2, -0.15) is 0 Å². The molecule has 0 aliphatic carbocycles. The second-order valence-electron chi connectivity index (χ2n) is 5.43. The maximum atomic E-state index is 10.9. The van der Waals surface area contributed by atoms with Crippen molar-refractivity contribution in [3.8, 4) is 0 Å². The van der Waals surface area contributed by atoms with Crippen molar-refractivity contribution >= 4 is 0 Å². The van der Waals surface area contributed by atoms with Crippen LogP contribution in [0.2, 0.25) is 0 Å². The van der Waals surface area contributed by atoms with Crippen molar-refractivity contribution in [2.45, 2.75) is 39.7 Å². The summed E-state index contributed by atoms with van der Waals surface area (Å²) in [6.07, 6.45) is 0.983. The van der Waals surface area contributed by atoms with Gasteiger partial charge in [-0.25, -0.2) is 0 Å². The number of hydrogen-bond acceptors (Lipinski definition) is 1. The van der Waals surface area contributed by atoms with E-state index in [2.05, 4.69) is 45.0 Å². The van der Waals surface area contributed by atoms with Gasteiger partial charge in [0, 0.05) is 0 Å². The molecule has 1 nitrogen and oxygen atoms in total. The van der Waals surface area contributed by atoms with Gasteiger partial charge in [0.1, 0.15) is 5.60 Å². The van der Waals surface area contributed by atoms with E-state index in [1.807, 2.05) is 25.1 Å². The lowest BCUT2D eigenvalue weighted by Gasteiger charge is -2.26. The van der Waals surface area contributed by atoms with Gasteiger partial charge in [-0.05, 0) is 55.0 Å². The van der Waals surface area contributed by atoms with Crippen LogP contribution in [0, 0.1) is 13.8 Å². The van der Waals surface area contributed by atoms with Crippen LogP contribution in [0.1, 0.15) is 41.7 Å². The summed E-state index contributed by atoms with van der Waals surface area (Å²) in [6.45, 7) is 8.17. The summed E-state index contributed by atoms with van der Waals surface area (Å²) in [7, 11) is 0. The minimum atomic E-state index is -0.941. The molecule has 1 N–H and O–H groups in total. The minimum absolute atomic E-state index is 0.941. The van der Waals surface area contributed by atoms with E-state index in [1.165, 1.54) is 16.7 Å². The summed E-state index contributed by atoms with van der Waals surface area (Å²) in [5.74, 6) is 0. The van der Waals surface area contributed by atoms with E-state index in [9.17, 15) is 5.11 Å². The molecule has 0 fully saturated rings. The van der Waals surface area contributed by atoms with E-state index in [1.54, 1.807) is 0 Å². The molecular weight excluding hydrogens is 232 g/mol. The average molecular weight is 254 g/mol. The van der Waals surface area contributed by atoms with Crippen LogP contribution in [0.4, 0.5) is 0 Å². The van der Waals surface area contributed by atoms with E-state index in [-0.39, 0.29) is 0 Å². The number of hydrogen-bond donors (Lipinski definition) is 1. The lowest BCUT2D eigenvalue weighted by atomic mass is 9.86. The number of aliphatic hydroxyl groups is 1. The zero-order chi connectivity index (χ0) is 14.0. The average Bonchev–Trinajstić information content (AvgIpc) is 2.41. The number of rotatable bonds is 3. The molecular formula is C18H22O. The van der Waals surface area contributed by atoms with Crippen molar-refractivity contribution in [1.29, 1.82) is 0 Å². The molecule has 1 heteroatoms. The summed E-state index contributed by atoms with van der Waals surface area (Å²) in [5.41, 5.74) is 4.68. The molecule has 0 saturated carbocycles. The Kier molecular flexibility index (Phi) is 3.77. The molecule has 0 aliphatic rings. The quantitative estimate of drug-likeness (QED) is 0.873. The third-order valence-corrected chi connectivity index (χ3v) is 3.97. The van der Waals surface area contributed by atoms with Crippen molar-refractivity contribution < 1.29 is 5.11 Å². The van der Waals surface area contributed by atoms with E-state index in [4.69, 9.17) is 0 Å². The first-order valence-electron chi connectivity index (χ1n) is 6.84. The molecule has 19 heavy (non-hydrogen) atoms. The van der Waals surface area contributed by atoms with Crippen LogP contribution in [0.5, 0.6) is 0 Å². The first-order valence-corrected chi connectivity index (χ1v) is 6.84. The van der Waals surface area contributed by atoms with E-state index < -0.39 is 5.60 Å². The van der Waals surface area contributed by atoms with Gasteiger partial charge in [0.2, 0.25) is 0 Å². The molecule has 0 saturated heterocycles. The highest BCUT2D eigenvalue weighted by Gasteiger charge is 2.25.